The summed E-state index contributed by atoms with van der Waals surface area (Å²) in [5.74, 6) is -1.20. The third kappa shape index (κ3) is 6.89. The van der Waals surface area contributed by atoms with Crippen molar-refractivity contribution < 1.29 is 57.0 Å². The number of anilines is 2. The SMILES string of the molecule is Nc1ccc(S(=O)(=O)O)c(N=Nc2c(S(=O)(=O)O)cc3cc(S(=O)(=O)O)c(N=Nc4ccccc4S(=O)(=O)O)c(N)c3c2O)c1. The van der Waals surface area contributed by atoms with Crippen LogP contribution in [0.4, 0.5) is 34.1 Å². The predicted molar refractivity (Wildman–Crippen MR) is 155 cm³/mol. The van der Waals surface area contributed by atoms with E-state index >= 15 is 0 Å². The maximum Gasteiger partial charge on any atom is 0.296 e. The van der Waals surface area contributed by atoms with Crippen LogP contribution in [0.3, 0.4) is 0 Å². The molecule has 0 spiro atoms. The van der Waals surface area contributed by atoms with Crippen LogP contribution in [0.5, 0.6) is 5.75 Å². The minimum atomic E-state index is -5.32. The van der Waals surface area contributed by atoms with Crippen molar-refractivity contribution >= 4 is 85.4 Å². The van der Waals surface area contributed by atoms with E-state index in [0.29, 0.717) is 12.1 Å². The number of nitrogens with zero attached hydrogens (tertiary/aromatic N) is 4. The zero-order valence-electron chi connectivity index (χ0n) is 21.8. The van der Waals surface area contributed by atoms with Gasteiger partial charge in [0.05, 0.1) is 11.1 Å². The van der Waals surface area contributed by atoms with Crippen LogP contribution in [-0.4, -0.2) is 57.0 Å². The van der Waals surface area contributed by atoms with Crippen LogP contribution in [0.25, 0.3) is 10.8 Å². The summed E-state index contributed by atoms with van der Waals surface area (Å²) >= 11 is 0. The van der Waals surface area contributed by atoms with Crippen LogP contribution in [0.15, 0.2) is 94.6 Å². The number of hydrogen-bond acceptors (Lipinski definition) is 15. The van der Waals surface area contributed by atoms with Crippen LogP contribution < -0.4 is 11.5 Å². The highest BCUT2D eigenvalue weighted by Crippen LogP contribution is 2.48. The zero-order chi connectivity index (χ0) is 33.7. The Morgan fingerprint density at radius 1 is 0.533 bits per heavy atom. The van der Waals surface area contributed by atoms with E-state index in [-0.39, 0.29) is 5.69 Å². The van der Waals surface area contributed by atoms with Crippen molar-refractivity contribution in [3.05, 3.63) is 54.6 Å². The minimum absolute atomic E-state index is 0.0818. The summed E-state index contributed by atoms with van der Waals surface area (Å²) in [6, 6.07) is 8.48. The van der Waals surface area contributed by atoms with E-state index in [4.69, 9.17) is 11.5 Å². The predicted octanol–water partition coefficient (Wildman–Crippen LogP) is 3.53. The van der Waals surface area contributed by atoms with Crippen molar-refractivity contribution in [2.45, 2.75) is 19.6 Å². The summed E-state index contributed by atoms with van der Waals surface area (Å²) in [5.41, 5.74) is 7.66. The van der Waals surface area contributed by atoms with Gasteiger partial charge in [-0.15, -0.1) is 20.5 Å². The fraction of sp³-hybridized carbons (Fsp3) is 0. The molecule has 0 atom stereocenters. The molecule has 4 aromatic rings. The van der Waals surface area contributed by atoms with Crippen molar-refractivity contribution in [2.24, 2.45) is 20.5 Å². The van der Waals surface area contributed by atoms with E-state index in [9.17, 15) is 57.0 Å². The molecule has 0 aliphatic carbocycles. The van der Waals surface area contributed by atoms with Crippen molar-refractivity contribution in [1.29, 1.82) is 0 Å². The first-order valence-electron chi connectivity index (χ1n) is 11.4. The Morgan fingerprint density at radius 2 is 1.00 bits per heavy atom. The molecule has 0 amide bonds. The average Bonchev–Trinajstić information content (AvgIpc) is 2.89. The van der Waals surface area contributed by atoms with Gasteiger partial charge in [-0.05, 0) is 47.9 Å². The van der Waals surface area contributed by atoms with Crippen molar-refractivity contribution in [2.75, 3.05) is 11.5 Å². The Labute approximate surface area is 253 Å². The topological polar surface area (TPSA) is 339 Å². The van der Waals surface area contributed by atoms with Gasteiger partial charge < -0.3 is 16.6 Å². The monoisotopic (exact) mass is 702 g/mol. The summed E-state index contributed by atoms with van der Waals surface area (Å²) in [4.78, 5) is -3.91. The highest BCUT2D eigenvalue weighted by atomic mass is 32.2. The molecule has 4 aromatic carbocycles. The van der Waals surface area contributed by atoms with Crippen LogP contribution in [0.1, 0.15) is 0 Å². The van der Waals surface area contributed by atoms with Gasteiger partial charge in [-0.25, -0.2) is 0 Å². The first-order chi connectivity index (χ1) is 20.6. The normalized spacial score (nSPS) is 13.2. The molecule has 0 aromatic heterocycles. The highest BCUT2D eigenvalue weighted by molar-refractivity contribution is 7.86. The summed E-state index contributed by atoms with van der Waals surface area (Å²) < 4.78 is 134. The molecule has 19 nitrogen and oxygen atoms in total. The first kappa shape index (κ1) is 33.3. The molecule has 0 fully saturated rings. The molecular formula is C22H18N6O13S4. The largest absolute Gasteiger partial charge is 0.505 e. The van der Waals surface area contributed by atoms with E-state index in [2.05, 4.69) is 20.5 Å². The molecular weight excluding hydrogens is 685 g/mol. The highest BCUT2D eigenvalue weighted by Gasteiger charge is 2.28. The molecule has 23 heteroatoms. The Hall–Kier alpha value is -4.62. The molecule has 0 saturated heterocycles. The van der Waals surface area contributed by atoms with Gasteiger partial charge >= 0.3 is 0 Å². The second kappa shape index (κ2) is 11.4. The minimum Gasteiger partial charge on any atom is -0.505 e. The molecule has 0 saturated carbocycles. The summed E-state index contributed by atoms with van der Waals surface area (Å²) in [5, 5.41) is 24.2. The van der Waals surface area contributed by atoms with Crippen LogP contribution in [-0.2, 0) is 40.5 Å². The van der Waals surface area contributed by atoms with Crippen LogP contribution in [0.2, 0.25) is 0 Å². The molecule has 238 valence electrons. The van der Waals surface area contributed by atoms with Gasteiger partial charge in [-0.1, -0.05) is 12.1 Å². The molecule has 0 bridgehead atoms. The number of fused-ring (bicyclic) bond motifs is 1. The molecule has 0 aliphatic heterocycles. The summed E-state index contributed by atoms with van der Waals surface area (Å²) in [7, 11) is -20.4. The third-order valence-electron chi connectivity index (χ3n) is 5.79. The quantitative estimate of drug-likeness (QED) is 0.0784. The van der Waals surface area contributed by atoms with Gasteiger partial charge in [-0.3, -0.25) is 18.2 Å². The Balaban J connectivity index is 2.08. The van der Waals surface area contributed by atoms with E-state index in [1.54, 1.807) is 0 Å². The van der Waals surface area contributed by atoms with E-state index in [0.717, 1.165) is 30.3 Å². The molecule has 0 aliphatic rings. The number of azo groups is 2. The lowest BCUT2D eigenvalue weighted by molar-refractivity contribution is 0.472. The summed E-state index contributed by atoms with van der Waals surface area (Å²) in [6.07, 6.45) is 0. The van der Waals surface area contributed by atoms with Gasteiger partial charge in [0.1, 0.15) is 42.3 Å². The summed E-state index contributed by atoms with van der Waals surface area (Å²) in [6.45, 7) is 0. The van der Waals surface area contributed by atoms with E-state index in [1.807, 2.05) is 0 Å². The van der Waals surface area contributed by atoms with Gasteiger partial charge in [0, 0.05) is 5.69 Å². The van der Waals surface area contributed by atoms with Gasteiger partial charge in [0.25, 0.3) is 40.5 Å². The third-order valence-corrected chi connectivity index (χ3v) is 9.33. The average molecular weight is 703 g/mol. The van der Waals surface area contributed by atoms with Crippen LogP contribution in [0, 0.1) is 0 Å². The number of rotatable bonds is 8. The Kier molecular flexibility index (Phi) is 8.42. The van der Waals surface area contributed by atoms with E-state index < -0.39 is 105 Å². The van der Waals surface area contributed by atoms with Gasteiger partial charge in [0.2, 0.25) is 0 Å². The number of nitrogen functional groups attached to an aromatic ring is 2. The maximum absolute atomic E-state index is 12.2. The smallest absolute Gasteiger partial charge is 0.296 e. The van der Waals surface area contributed by atoms with Crippen molar-refractivity contribution in [1.82, 2.24) is 0 Å². The van der Waals surface area contributed by atoms with E-state index in [1.165, 1.54) is 12.1 Å². The number of aromatic hydroxyl groups is 1. The lowest BCUT2D eigenvalue weighted by Crippen LogP contribution is -2.04. The first-order valence-corrected chi connectivity index (χ1v) is 17.2. The van der Waals surface area contributed by atoms with Gasteiger partial charge in [0.15, 0.2) is 5.75 Å². The Bertz CT molecular complexity index is 2410. The van der Waals surface area contributed by atoms with Crippen molar-refractivity contribution in [3.63, 3.8) is 0 Å². The number of phenols is 1. The molecule has 4 rings (SSSR count). The second-order valence-electron chi connectivity index (χ2n) is 8.80. The number of benzene rings is 4. The molecule has 0 unspecified atom stereocenters. The maximum atomic E-state index is 12.2. The number of nitrogens with two attached hydrogens (primary N) is 2. The lowest BCUT2D eigenvalue weighted by Gasteiger charge is -2.14. The molecule has 0 radical (unpaired) electrons. The molecule has 9 N–H and O–H groups in total. The Morgan fingerprint density at radius 3 is 1.56 bits per heavy atom. The number of phenolic OH excluding ortho intramolecular Hbond substituents is 1. The zero-order valence-corrected chi connectivity index (χ0v) is 25.0. The fourth-order valence-corrected chi connectivity index (χ4v) is 6.46. The van der Waals surface area contributed by atoms with Crippen LogP contribution >= 0.6 is 0 Å². The second-order valence-corrected chi connectivity index (χ2v) is 14.4. The fourth-order valence-electron chi connectivity index (χ4n) is 3.90. The standard InChI is InChI=1S/C22H18N6O13S4/c23-11-5-6-15(43(33,34)35)13(9-11)26-28-21-17(45(39,40)41)8-10-7-16(44(36,37)38)20(19(24)18(10)22(21)29)27-25-12-3-1-2-4-14(12)42(30,31)32/h1-9,29H,23-24H2,(H,30,31,32)(H,33,34,35)(H,36,37,38)(H,39,40,41). The molecule has 0 heterocycles. The molecule has 45 heavy (non-hydrogen) atoms. The van der Waals surface area contributed by atoms with Crippen molar-refractivity contribution in [3.8, 4) is 5.75 Å². The van der Waals surface area contributed by atoms with Gasteiger partial charge in [-0.2, -0.15) is 33.7 Å². The number of hydrogen-bond donors (Lipinski definition) is 7. The lowest BCUT2D eigenvalue weighted by atomic mass is 10.1.